The minimum Gasteiger partial charge on any atom is -0.369 e. The third-order valence-electron chi connectivity index (χ3n) is 2.62. The average molecular weight is 298 g/mol. The molecule has 0 spiro atoms. The van der Waals surface area contributed by atoms with Crippen LogP contribution < -0.4 is 10.6 Å². The number of anilines is 1. The second-order valence-electron chi connectivity index (χ2n) is 4.09. The number of thioether (sulfide) groups is 2. The second-order valence-corrected chi connectivity index (χ2v) is 6.65. The van der Waals surface area contributed by atoms with E-state index in [0.29, 0.717) is 23.3 Å². The first kappa shape index (κ1) is 14.5. The molecule has 1 fully saturated rings. The Morgan fingerprint density at radius 3 is 2.95 bits per heavy atom. The van der Waals surface area contributed by atoms with E-state index in [1.54, 1.807) is 6.20 Å². The Balaban J connectivity index is 1.81. The highest BCUT2D eigenvalue weighted by Crippen LogP contribution is 2.23. The summed E-state index contributed by atoms with van der Waals surface area (Å²) >= 11 is 3.88. The van der Waals surface area contributed by atoms with Gasteiger partial charge in [0.1, 0.15) is 11.5 Å². The molecule has 2 N–H and O–H groups in total. The zero-order valence-corrected chi connectivity index (χ0v) is 12.5. The number of aromatic nitrogens is 2. The van der Waals surface area contributed by atoms with Crippen molar-refractivity contribution in [2.24, 2.45) is 0 Å². The minimum atomic E-state index is -0.147. The number of carbonyl (C=O) groups is 1. The van der Waals surface area contributed by atoms with Crippen LogP contribution in [-0.4, -0.2) is 51.5 Å². The zero-order chi connectivity index (χ0) is 13.5. The lowest BCUT2D eigenvalue weighted by Crippen LogP contribution is -2.33. The topological polar surface area (TPSA) is 66.9 Å². The number of carbonyl (C=O) groups excluding carboxylic acids is 1. The van der Waals surface area contributed by atoms with Gasteiger partial charge in [0.2, 0.25) is 0 Å². The molecule has 5 nitrogen and oxygen atoms in total. The van der Waals surface area contributed by atoms with E-state index in [1.165, 1.54) is 17.7 Å². The molecule has 1 atom stereocenters. The first-order chi connectivity index (χ1) is 9.29. The van der Waals surface area contributed by atoms with Crippen molar-refractivity contribution >= 4 is 35.2 Å². The van der Waals surface area contributed by atoms with Crippen molar-refractivity contribution in [1.29, 1.82) is 0 Å². The van der Waals surface area contributed by atoms with E-state index in [-0.39, 0.29) is 5.91 Å². The van der Waals surface area contributed by atoms with Crippen LogP contribution in [0.25, 0.3) is 0 Å². The van der Waals surface area contributed by atoms with Gasteiger partial charge in [-0.3, -0.25) is 4.79 Å². The van der Waals surface area contributed by atoms with Gasteiger partial charge in [-0.25, -0.2) is 9.97 Å². The van der Waals surface area contributed by atoms with Crippen LogP contribution in [-0.2, 0) is 0 Å². The molecule has 0 radical (unpaired) electrons. The lowest BCUT2D eigenvalue weighted by atomic mass is 10.4. The Kier molecular flexibility index (Phi) is 5.78. The van der Waals surface area contributed by atoms with Gasteiger partial charge >= 0.3 is 0 Å². The van der Waals surface area contributed by atoms with E-state index in [4.69, 9.17) is 0 Å². The molecular weight excluding hydrogens is 280 g/mol. The van der Waals surface area contributed by atoms with Gasteiger partial charge in [0.05, 0.1) is 12.4 Å². The van der Waals surface area contributed by atoms with Crippen LogP contribution in [0.1, 0.15) is 17.4 Å². The van der Waals surface area contributed by atoms with Crippen molar-refractivity contribution in [3.05, 3.63) is 18.1 Å². The quantitative estimate of drug-likeness (QED) is 0.858. The van der Waals surface area contributed by atoms with Crippen LogP contribution in [0.3, 0.4) is 0 Å². The second kappa shape index (κ2) is 7.59. The monoisotopic (exact) mass is 298 g/mol. The number of rotatable bonds is 5. The summed E-state index contributed by atoms with van der Waals surface area (Å²) < 4.78 is 0. The number of hydrogen-bond donors (Lipinski definition) is 2. The van der Waals surface area contributed by atoms with Crippen LogP contribution >= 0.6 is 23.5 Å². The predicted octanol–water partition coefficient (Wildman–Crippen LogP) is 1.49. The standard InChI is InChI=1S/C12H18N4OS2/c1-2-13-11-7-14-10(6-15-11)12(17)16-5-9-8-18-3-4-19-9/h6-7,9H,2-5,8H2,1H3,(H,13,15)(H,16,17). The molecule has 1 aliphatic heterocycles. The lowest BCUT2D eigenvalue weighted by Gasteiger charge is -2.20. The zero-order valence-electron chi connectivity index (χ0n) is 10.9. The highest BCUT2D eigenvalue weighted by Gasteiger charge is 2.16. The largest absolute Gasteiger partial charge is 0.369 e. The number of nitrogens with one attached hydrogen (secondary N) is 2. The van der Waals surface area contributed by atoms with Crippen LogP contribution in [0, 0.1) is 0 Å². The predicted molar refractivity (Wildman–Crippen MR) is 82.1 cm³/mol. The summed E-state index contributed by atoms with van der Waals surface area (Å²) in [6.45, 7) is 3.48. The SMILES string of the molecule is CCNc1cnc(C(=O)NCC2CSCCS2)cn1. The Morgan fingerprint density at radius 2 is 2.32 bits per heavy atom. The minimum absolute atomic E-state index is 0.147. The number of hydrogen-bond acceptors (Lipinski definition) is 6. The molecule has 2 rings (SSSR count). The van der Waals surface area contributed by atoms with E-state index in [9.17, 15) is 4.79 Å². The molecule has 1 aromatic rings. The van der Waals surface area contributed by atoms with Gasteiger partial charge in [-0.1, -0.05) is 0 Å². The summed E-state index contributed by atoms with van der Waals surface area (Å²) in [5, 5.41) is 6.48. The molecule has 0 bridgehead atoms. The maximum absolute atomic E-state index is 11.9. The first-order valence-electron chi connectivity index (χ1n) is 6.33. The summed E-state index contributed by atoms with van der Waals surface area (Å²) in [6.07, 6.45) is 3.10. The molecule has 0 aliphatic carbocycles. The molecule has 0 aromatic carbocycles. The Hall–Kier alpha value is -0.950. The molecule has 1 saturated heterocycles. The van der Waals surface area contributed by atoms with Crippen molar-refractivity contribution < 1.29 is 4.79 Å². The molecule has 7 heteroatoms. The van der Waals surface area contributed by atoms with Gasteiger partial charge < -0.3 is 10.6 Å². The van der Waals surface area contributed by atoms with Crippen LogP contribution in [0.4, 0.5) is 5.82 Å². The highest BCUT2D eigenvalue weighted by molar-refractivity contribution is 8.06. The molecule has 2 heterocycles. The summed E-state index contributed by atoms with van der Waals surface area (Å²) in [7, 11) is 0. The smallest absolute Gasteiger partial charge is 0.271 e. The van der Waals surface area contributed by atoms with Gasteiger partial charge in [-0.2, -0.15) is 23.5 Å². The normalized spacial score (nSPS) is 18.9. The fraction of sp³-hybridized carbons (Fsp3) is 0.583. The molecule has 19 heavy (non-hydrogen) atoms. The van der Waals surface area contributed by atoms with Gasteiger partial charge in [0.15, 0.2) is 0 Å². The van der Waals surface area contributed by atoms with Crippen LogP contribution in [0.5, 0.6) is 0 Å². The van der Waals surface area contributed by atoms with Gasteiger partial charge in [-0.05, 0) is 6.92 Å². The third kappa shape index (κ3) is 4.58. The number of amides is 1. The summed E-state index contributed by atoms with van der Waals surface area (Å²) in [6, 6.07) is 0. The number of nitrogens with zero attached hydrogens (tertiary/aromatic N) is 2. The Labute approximate surface area is 121 Å². The van der Waals surface area contributed by atoms with Gasteiger partial charge in [0.25, 0.3) is 5.91 Å². The fourth-order valence-electron chi connectivity index (χ4n) is 1.67. The van der Waals surface area contributed by atoms with Crippen molar-refractivity contribution in [1.82, 2.24) is 15.3 Å². The fourth-order valence-corrected chi connectivity index (χ4v) is 4.28. The van der Waals surface area contributed by atoms with Crippen LogP contribution in [0.2, 0.25) is 0 Å². The van der Waals surface area contributed by atoms with Gasteiger partial charge in [0, 0.05) is 35.6 Å². The van der Waals surface area contributed by atoms with E-state index in [0.717, 1.165) is 12.3 Å². The molecule has 1 aromatic heterocycles. The highest BCUT2D eigenvalue weighted by atomic mass is 32.2. The maximum atomic E-state index is 11.9. The summed E-state index contributed by atoms with van der Waals surface area (Å²) in [4.78, 5) is 20.2. The van der Waals surface area contributed by atoms with Crippen molar-refractivity contribution in [3.63, 3.8) is 0 Å². The molecule has 1 amide bonds. The molecular formula is C12H18N4OS2. The molecule has 104 valence electrons. The Morgan fingerprint density at radius 1 is 1.42 bits per heavy atom. The van der Waals surface area contributed by atoms with Crippen molar-refractivity contribution in [2.75, 3.05) is 35.7 Å². The molecule has 1 unspecified atom stereocenters. The van der Waals surface area contributed by atoms with Crippen molar-refractivity contribution in [3.8, 4) is 0 Å². The van der Waals surface area contributed by atoms with Gasteiger partial charge in [-0.15, -0.1) is 0 Å². The van der Waals surface area contributed by atoms with E-state index in [2.05, 4.69) is 20.6 Å². The summed E-state index contributed by atoms with van der Waals surface area (Å²) in [5.74, 6) is 4.04. The van der Waals surface area contributed by atoms with E-state index < -0.39 is 0 Å². The van der Waals surface area contributed by atoms with Crippen molar-refractivity contribution in [2.45, 2.75) is 12.2 Å². The first-order valence-corrected chi connectivity index (χ1v) is 8.53. The average Bonchev–Trinajstić information content (AvgIpc) is 2.47. The molecule has 1 aliphatic rings. The molecule has 0 saturated carbocycles. The lowest BCUT2D eigenvalue weighted by molar-refractivity contribution is 0.0949. The summed E-state index contributed by atoms with van der Waals surface area (Å²) in [5.41, 5.74) is 0.370. The van der Waals surface area contributed by atoms with E-state index >= 15 is 0 Å². The van der Waals surface area contributed by atoms with E-state index in [1.807, 2.05) is 30.4 Å². The third-order valence-corrected chi connectivity index (χ3v) is 5.46. The Bertz CT molecular complexity index is 407. The van der Waals surface area contributed by atoms with Crippen LogP contribution in [0.15, 0.2) is 12.4 Å². The maximum Gasteiger partial charge on any atom is 0.271 e.